The molecule has 0 aromatic heterocycles. The zero-order valence-electron chi connectivity index (χ0n) is 9.83. The number of halogens is 3. The molecule has 0 aliphatic carbocycles. The van der Waals surface area contributed by atoms with Gasteiger partial charge in [-0.2, -0.15) is 13.2 Å². The molecule has 0 spiro atoms. The van der Waals surface area contributed by atoms with E-state index in [2.05, 4.69) is 0 Å². The molecule has 1 aromatic rings. The van der Waals surface area contributed by atoms with Crippen LogP contribution in [0, 0.1) is 0 Å². The van der Waals surface area contributed by atoms with E-state index < -0.39 is 11.7 Å². The quantitative estimate of drug-likeness (QED) is 0.752. The van der Waals surface area contributed by atoms with Crippen LogP contribution >= 0.6 is 0 Å². The molecule has 1 heterocycles. The van der Waals surface area contributed by atoms with Crippen molar-refractivity contribution in [2.75, 3.05) is 11.4 Å². The number of hydrogen-bond acceptors (Lipinski definition) is 1. The zero-order chi connectivity index (χ0) is 13.2. The van der Waals surface area contributed by atoms with Gasteiger partial charge < -0.3 is 4.90 Å². The fourth-order valence-corrected chi connectivity index (χ4v) is 2.09. The highest BCUT2D eigenvalue weighted by Crippen LogP contribution is 2.31. The second-order valence-corrected chi connectivity index (χ2v) is 4.40. The van der Waals surface area contributed by atoms with Crippen molar-refractivity contribution in [1.29, 1.82) is 0 Å². The predicted octanol–water partition coefficient (Wildman–Crippen LogP) is 3.61. The van der Waals surface area contributed by atoms with Gasteiger partial charge in [-0.05, 0) is 37.1 Å². The normalized spacial score (nSPS) is 17.7. The fraction of sp³-hybridized carbons (Fsp3) is 0.462. The summed E-state index contributed by atoms with van der Waals surface area (Å²) in [4.78, 5) is 13.4. The van der Waals surface area contributed by atoms with Gasteiger partial charge in [-0.3, -0.25) is 4.79 Å². The molecule has 5 heteroatoms. The number of nitrogens with zero attached hydrogens (tertiary/aromatic N) is 1. The van der Waals surface area contributed by atoms with Crippen LogP contribution in [0.5, 0.6) is 0 Å². The van der Waals surface area contributed by atoms with Crippen LogP contribution < -0.4 is 4.90 Å². The van der Waals surface area contributed by atoms with E-state index in [1.54, 1.807) is 4.90 Å². The van der Waals surface area contributed by atoms with Gasteiger partial charge in [-0.25, -0.2) is 0 Å². The van der Waals surface area contributed by atoms with E-state index in [-0.39, 0.29) is 5.91 Å². The van der Waals surface area contributed by atoms with Gasteiger partial charge in [0.1, 0.15) is 0 Å². The van der Waals surface area contributed by atoms with Crippen LogP contribution in [0.3, 0.4) is 0 Å². The molecule has 0 unspecified atom stereocenters. The second-order valence-electron chi connectivity index (χ2n) is 4.40. The van der Waals surface area contributed by atoms with Crippen molar-refractivity contribution in [2.24, 2.45) is 0 Å². The van der Waals surface area contributed by atoms with Crippen molar-refractivity contribution in [3.05, 3.63) is 29.8 Å². The Balaban J connectivity index is 2.20. The molecular formula is C13H14F3NO. The minimum atomic E-state index is -4.33. The monoisotopic (exact) mass is 257 g/mol. The van der Waals surface area contributed by atoms with Crippen molar-refractivity contribution in [3.8, 4) is 0 Å². The summed E-state index contributed by atoms with van der Waals surface area (Å²) in [5, 5.41) is 0. The van der Waals surface area contributed by atoms with Gasteiger partial charge in [0.15, 0.2) is 0 Å². The van der Waals surface area contributed by atoms with Gasteiger partial charge in [0.2, 0.25) is 5.91 Å². The first-order chi connectivity index (χ1) is 8.48. The van der Waals surface area contributed by atoms with E-state index in [0.717, 1.165) is 31.4 Å². The Morgan fingerprint density at radius 2 is 1.67 bits per heavy atom. The molecular weight excluding hydrogens is 243 g/mol. The number of benzene rings is 1. The molecule has 98 valence electrons. The van der Waals surface area contributed by atoms with Crippen LogP contribution in [-0.4, -0.2) is 12.5 Å². The van der Waals surface area contributed by atoms with Crippen LogP contribution in [0.4, 0.5) is 18.9 Å². The van der Waals surface area contributed by atoms with Gasteiger partial charge in [0, 0.05) is 18.7 Å². The summed E-state index contributed by atoms with van der Waals surface area (Å²) >= 11 is 0. The maximum Gasteiger partial charge on any atom is 0.416 e. The maximum absolute atomic E-state index is 12.4. The minimum Gasteiger partial charge on any atom is -0.312 e. The van der Waals surface area contributed by atoms with E-state index in [1.807, 2.05) is 0 Å². The first kappa shape index (κ1) is 12.9. The lowest BCUT2D eigenvalue weighted by Gasteiger charge is -2.21. The third-order valence-electron chi connectivity index (χ3n) is 3.08. The van der Waals surface area contributed by atoms with Crippen molar-refractivity contribution in [2.45, 2.75) is 31.9 Å². The third-order valence-corrected chi connectivity index (χ3v) is 3.08. The molecule has 1 aromatic carbocycles. The first-order valence-corrected chi connectivity index (χ1v) is 5.96. The third kappa shape index (κ3) is 2.83. The molecule has 0 N–H and O–H groups in total. The van der Waals surface area contributed by atoms with Crippen molar-refractivity contribution in [3.63, 3.8) is 0 Å². The van der Waals surface area contributed by atoms with Crippen LogP contribution in [-0.2, 0) is 11.0 Å². The molecule has 1 amide bonds. The first-order valence-electron chi connectivity index (χ1n) is 5.96. The Morgan fingerprint density at radius 3 is 2.28 bits per heavy atom. The second kappa shape index (κ2) is 5.00. The highest BCUT2D eigenvalue weighted by molar-refractivity contribution is 5.93. The standard InChI is InChI=1S/C13H14F3NO/c14-13(15,16)10-5-7-11(8-6-10)17-9-3-1-2-4-12(17)18/h5-8H,1-4,9H2. The molecule has 1 fully saturated rings. The molecule has 18 heavy (non-hydrogen) atoms. The van der Waals surface area contributed by atoms with E-state index in [4.69, 9.17) is 0 Å². The Hall–Kier alpha value is -1.52. The average Bonchev–Trinajstić information content (AvgIpc) is 2.53. The lowest BCUT2D eigenvalue weighted by atomic mass is 10.2. The van der Waals surface area contributed by atoms with Crippen LogP contribution in [0.25, 0.3) is 0 Å². The molecule has 1 aliphatic rings. The Labute approximate surface area is 103 Å². The van der Waals surface area contributed by atoms with Crippen LogP contribution in [0.2, 0.25) is 0 Å². The maximum atomic E-state index is 12.4. The Morgan fingerprint density at radius 1 is 1.00 bits per heavy atom. The molecule has 2 rings (SSSR count). The predicted molar refractivity (Wildman–Crippen MR) is 62.3 cm³/mol. The Bertz CT molecular complexity index is 425. The number of hydrogen-bond donors (Lipinski definition) is 0. The van der Waals surface area contributed by atoms with Crippen molar-refractivity contribution < 1.29 is 18.0 Å². The lowest BCUT2D eigenvalue weighted by molar-refractivity contribution is -0.137. The van der Waals surface area contributed by atoms with Gasteiger partial charge in [0.25, 0.3) is 0 Å². The van der Waals surface area contributed by atoms with Gasteiger partial charge in [0.05, 0.1) is 5.56 Å². The molecule has 1 aliphatic heterocycles. The molecule has 0 atom stereocenters. The van der Waals surface area contributed by atoms with Gasteiger partial charge in [-0.1, -0.05) is 6.42 Å². The smallest absolute Gasteiger partial charge is 0.312 e. The molecule has 2 nitrogen and oxygen atoms in total. The molecule has 0 radical (unpaired) electrons. The van der Waals surface area contributed by atoms with E-state index >= 15 is 0 Å². The number of carbonyl (C=O) groups is 1. The summed E-state index contributed by atoms with van der Waals surface area (Å²) in [6.45, 7) is 0.587. The topological polar surface area (TPSA) is 20.3 Å². The summed E-state index contributed by atoms with van der Waals surface area (Å²) < 4.78 is 37.3. The number of alkyl halides is 3. The van der Waals surface area contributed by atoms with E-state index in [1.165, 1.54) is 12.1 Å². The molecule has 0 saturated carbocycles. The Kier molecular flexibility index (Phi) is 3.59. The summed E-state index contributed by atoms with van der Waals surface area (Å²) in [5.41, 5.74) is -0.136. The molecule has 1 saturated heterocycles. The summed E-state index contributed by atoms with van der Waals surface area (Å²) in [6.07, 6.45) is -1.12. The van der Waals surface area contributed by atoms with Gasteiger partial charge in [-0.15, -0.1) is 0 Å². The highest BCUT2D eigenvalue weighted by atomic mass is 19.4. The van der Waals surface area contributed by atoms with Crippen molar-refractivity contribution in [1.82, 2.24) is 0 Å². The largest absolute Gasteiger partial charge is 0.416 e. The summed E-state index contributed by atoms with van der Waals surface area (Å²) in [6, 6.07) is 4.78. The number of rotatable bonds is 1. The van der Waals surface area contributed by atoms with E-state index in [0.29, 0.717) is 18.7 Å². The fourth-order valence-electron chi connectivity index (χ4n) is 2.09. The van der Waals surface area contributed by atoms with Crippen molar-refractivity contribution >= 4 is 11.6 Å². The van der Waals surface area contributed by atoms with Gasteiger partial charge >= 0.3 is 6.18 Å². The number of amides is 1. The number of anilines is 1. The lowest BCUT2D eigenvalue weighted by Crippen LogP contribution is -2.29. The highest BCUT2D eigenvalue weighted by Gasteiger charge is 2.30. The summed E-state index contributed by atoms with van der Waals surface area (Å²) in [5.74, 6) is -0.00717. The van der Waals surface area contributed by atoms with E-state index in [9.17, 15) is 18.0 Å². The number of carbonyl (C=O) groups excluding carboxylic acids is 1. The summed E-state index contributed by atoms with van der Waals surface area (Å²) in [7, 11) is 0. The SMILES string of the molecule is O=C1CCCCCN1c1ccc(C(F)(F)F)cc1. The van der Waals surface area contributed by atoms with Crippen LogP contribution in [0.1, 0.15) is 31.2 Å². The zero-order valence-corrected chi connectivity index (χ0v) is 9.83. The molecule has 0 bridgehead atoms. The minimum absolute atomic E-state index is 0.00717. The average molecular weight is 257 g/mol. The van der Waals surface area contributed by atoms with Crippen LogP contribution in [0.15, 0.2) is 24.3 Å².